The van der Waals surface area contributed by atoms with Crippen LogP contribution in [0, 0.1) is 11.8 Å². The lowest BCUT2D eigenvalue weighted by atomic mass is 9.95. The molecule has 11 nitrogen and oxygen atoms in total. The Morgan fingerprint density at radius 1 is 1.02 bits per heavy atom. The van der Waals surface area contributed by atoms with Gasteiger partial charge in [0.15, 0.2) is 0 Å². The zero-order valence-electron chi connectivity index (χ0n) is 23.3. The summed E-state index contributed by atoms with van der Waals surface area (Å²) >= 11 is 1.27. The Bertz CT molecular complexity index is 1540. The molecule has 2 aromatic rings. The van der Waals surface area contributed by atoms with Crippen molar-refractivity contribution >= 4 is 52.6 Å². The Kier molecular flexibility index (Phi) is 6.77. The second-order valence-electron chi connectivity index (χ2n) is 12.7. The molecule has 224 valence electrons. The molecule has 2 unspecified atom stereocenters. The van der Waals surface area contributed by atoms with Crippen LogP contribution in [-0.4, -0.2) is 91.4 Å². The summed E-state index contributed by atoms with van der Waals surface area (Å²) in [4.78, 5) is 77.8. The third-order valence-electron chi connectivity index (χ3n) is 10.0. The fourth-order valence-electron chi connectivity index (χ4n) is 7.86. The lowest BCUT2D eigenvalue weighted by Crippen LogP contribution is -2.67. The van der Waals surface area contributed by atoms with Crippen molar-refractivity contribution < 1.29 is 33.5 Å². The molecular weight excluding hydrogens is 579 g/mol. The molecule has 4 amide bonds. The molecule has 1 aromatic heterocycles. The molecule has 1 aliphatic carbocycles. The fraction of sp³-hybridized carbons (Fsp3) is 0.586. The van der Waals surface area contributed by atoms with Gasteiger partial charge in [0.1, 0.15) is 12.1 Å². The summed E-state index contributed by atoms with van der Waals surface area (Å²) < 4.78 is 12.2. The van der Waals surface area contributed by atoms with Gasteiger partial charge in [-0.3, -0.25) is 23.7 Å². The highest BCUT2D eigenvalue weighted by Gasteiger charge is 2.55. The van der Waals surface area contributed by atoms with Gasteiger partial charge in [0.05, 0.1) is 23.1 Å². The topological polar surface area (TPSA) is 148 Å². The Labute approximate surface area is 247 Å². The standard InChI is InChI=1S/C29H35N4O7PS/c1-15(34)31-7-6-22-24(31)13-32(22)29(37)23-4-3-20-10-17-9-18(17)11-21(28(36)33(20)23)30-27(35)26-12-19-8-16(14-41(38,39)40)2-5-25(19)42-26/h2,5,8,12,17-18,20-24H,3-4,6-7,9-11,13-14H2,1H3,(H,30,35)(H2,38,39,40)/t17-,18+,20-,21+,22?,23+,24?/m1/s1. The minimum absolute atomic E-state index is 0.00714. The summed E-state index contributed by atoms with van der Waals surface area (Å²) in [5, 5.41) is 3.71. The molecule has 7 atom stereocenters. The highest BCUT2D eigenvalue weighted by molar-refractivity contribution is 7.50. The van der Waals surface area contributed by atoms with E-state index in [1.54, 1.807) is 36.1 Å². The van der Waals surface area contributed by atoms with Gasteiger partial charge in [-0.1, -0.05) is 6.07 Å². The molecule has 5 heterocycles. The van der Waals surface area contributed by atoms with Gasteiger partial charge in [0.25, 0.3) is 5.91 Å². The van der Waals surface area contributed by atoms with E-state index in [2.05, 4.69) is 5.32 Å². The highest BCUT2D eigenvalue weighted by Crippen LogP contribution is 2.50. The molecule has 1 saturated carbocycles. The molecular formula is C29H35N4O7PS. The molecule has 7 rings (SSSR count). The van der Waals surface area contributed by atoms with E-state index >= 15 is 0 Å². The van der Waals surface area contributed by atoms with Crippen molar-refractivity contribution in [2.75, 3.05) is 13.1 Å². The smallest absolute Gasteiger partial charge is 0.329 e. The van der Waals surface area contributed by atoms with Crippen LogP contribution >= 0.6 is 18.9 Å². The number of fused-ring (bicyclic) bond motifs is 4. The number of carbonyl (C=O) groups is 4. The number of amides is 4. The Balaban J connectivity index is 1.08. The van der Waals surface area contributed by atoms with Crippen molar-refractivity contribution in [1.82, 2.24) is 20.0 Å². The third-order valence-corrected chi connectivity index (χ3v) is 11.9. The van der Waals surface area contributed by atoms with E-state index in [-0.39, 0.29) is 47.9 Å². The average Bonchev–Trinajstić information content (AvgIpc) is 3.21. The summed E-state index contributed by atoms with van der Waals surface area (Å²) in [7, 11) is -4.22. The van der Waals surface area contributed by atoms with Crippen molar-refractivity contribution in [1.29, 1.82) is 0 Å². The average molecular weight is 615 g/mol. The van der Waals surface area contributed by atoms with Gasteiger partial charge in [-0.15, -0.1) is 11.3 Å². The normalized spacial score (nSPS) is 32.0. The molecule has 5 fully saturated rings. The van der Waals surface area contributed by atoms with E-state index in [4.69, 9.17) is 0 Å². The highest BCUT2D eigenvalue weighted by atomic mass is 32.1. The minimum atomic E-state index is -4.22. The summed E-state index contributed by atoms with van der Waals surface area (Å²) in [5.74, 6) is 0.346. The van der Waals surface area contributed by atoms with E-state index in [1.807, 2.05) is 9.80 Å². The largest absolute Gasteiger partial charge is 0.340 e. The van der Waals surface area contributed by atoms with Crippen molar-refractivity contribution in [2.45, 2.75) is 81.8 Å². The number of hydrogen-bond acceptors (Lipinski definition) is 6. The summed E-state index contributed by atoms with van der Waals surface area (Å²) in [6.07, 6.45) is 4.27. The molecule has 4 aliphatic heterocycles. The van der Waals surface area contributed by atoms with Crippen LogP contribution in [0.1, 0.15) is 60.7 Å². The molecule has 0 bridgehead atoms. The van der Waals surface area contributed by atoms with Crippen molar-refractivity contribution in [3.8, 4) is 0 Å². The quantitative estimate of drug-likeness (QED) is 0.438. The van der Waals surface area contributed by atoms with Gasteiger partial charge in [0, 0.05) is 30.8 Å². The van der Waals surface area contributed by atoms with Crippen molar-refractivity contribution in [2.24, 2.45) is 11.8 Å². The number of thiophene rings is 1. The number of carbonyl (C=O) groups excluding carboxylic acids is 4. The van der Waals surface area contributed by atoms with Crippen LogP contribution in [0.4, 0.5) is 0 Å². The summed E-state index contributed by atoms with van der Waals surface area (Å²) in [6, 6.07) is 5.61. The van der Waals surface area contributed by atoms with Crippen LogP contribution in [0.3, 0.4) is 0 Å². The van der Waals surface area contributed by atoms with E-state index in [0.717, 1.165) is 35.8 Å². The van der Waals surface area contributed by atoms with Crippen LogP contribution in [0.15, 0.2) is 24.3 Å². The predicted octanol–water partition coefficient (Wildman–Crippen LogP) is 2.30. The monoisotopic (exact) mass is 614 g/mol. The molecule has 13 heteroatoms. The Morgan fingerprint density at radius 2 is 1.81 bits per heavy atom. The first-order valence-corrected chi connectivity index (χ1v) is 17.4. The molecule has 1 aromatic carbocycles. The van der Waals surface area contributed by atoms with E-state index in [1.165, 1.54) is 11.3 Å². The first-order chi connectivity index (χ1) is 20.0. The maximum Gasteiger partial charge on any atom is 0.329 e. The molecule has 0 radical (unpaired) electrons. The SMILES string of the molecule is CC(=O)N1CCC2C1CN2C(=O)[C@@H]1CC[C@@H]2C[C@H]3C[C@H]3C[C@H](NC(=O)c3cc4cc(CP(=O)(O)O)ccc4s3)C(=O)N21. The van der Waals surface area contributed by atoms with Gasteiger partial charge in [-0.2, -0.15) is 0 Å². The predicted molar refractivity (Wildman–Crippen MR) is 155 cm³/mol. The second kappa shape index (κ2) is 10.1. The number of nitrogens with zero attached hydrogens (tertiary/aromatic N) is 3. The molecule has 3 N–H and O–H groups in total. The van der Waals surface area contributed by atoms with Crippen molar-refractivity contribution in [3.05, 3.63) is 34.7 Å². The minimum Gasteiger partial charge on any atom is -0.340 e. The fourth-order valence-corrected chi connectivity index (χ4v) is 9.48. The summed E-state index contributed by atoms with van der Waals surface area (Å²) in [5.41, 5.74) is 0.492. The maximum atomic E-state index is 14.1. The van der Waals surface area contributed by atoms with E-state index in [9.17, 15) is 33.5 Å². The number of rotatable bonds is 5. The van der Waals surface area contributed by atoms with Crippen LogP contribution in [-0.2, 0) is 25.1 Å². The van der Waals surface area contributed by atoms with Crippen LogP contribution < -0.4 is 5.32 Å². The number of nitrogens with one attached hydrogen (secondary N) is 1. The van der Waals surface area contributed by atoms with Crippen LogP contribution in [0.2, 0.25) is 0 Å². The molecule has 5 aliphatic rings. The van der Waals surface area contributed by atoms with Gasteiger partial charge < -0.3 is 29.8 Å². The molecule has 42 heavy (non-hydrogen) atoms. The zero-order chi connectivity index (χ0) is 29.5. The molecule has 0 spiro atoms. The number of hydrogen-bond donors (Lipinski definition) is 3. The van der Waals surface area contributed by atoms with Gasteiger partial charge in [0.2, 0.25) is 17.7 Å². The zero-order valence-corrected chi connectivity index (χ0v) is 25.1. The lowest BCUT2D eigenvalue weighted by molar-refractivity contribution is -0.155. The number of likely N-dealkylation sites (tertiary alicyclic amines) is 2. The Hall–Kier alpha value is -2.79. The van der Waals surface area contributed by atoms with Crippen molar-refractivity contribution in [3.63, 3.8) is 0 Å². The van der Waals surface area contributed by atoms with Crippen LogP contribution in [0.5, 0.6) is 0 Å². The van der Waals surface area contributed by atoms with Gasteiger partial charge in [-0.05, 0) is 79.5 Å². The number of benzene rings is 1. The Morgan fingerprint density at radius 3 is 2.57 bits per heavy atom. The third kappa shape index (κ3) is 4.96. The lowest BCUT2D eigenvalue weighted by Gasteiger charge is -2.48. The first-order valence-electron chi connectivity index (χ1n) is 14.7. The van der Waals surface area contributed by atoms with Crippen LogP contribution in [0.25, 0.3) is 10.1 Å². The summed E-state index contributed by atoms with van der Waals surface area (Å²) in [6.45, 7) is 2.73. The van der Waals surface area contributed by atoms with Gasteiger partial charge in [-0.25, -0.2) is 0 Å². The van der Waals surface area contributed by atoms with E-state index < -0.39 is 19.7 Å². The second-order valence-corrected chi connectivity index (χ2v) is 15.4. The van der Waals surface area contributed by atoms with E-state index in [0.29, 0.717) is 48.2 Å². The van der Waals surface area contributed by atoms with Gasteiger partial charge >= 0.3 is 7.60 Å². The maximum absolute atomic E-state index is 14.1. The molecule has 4 saturated heterocycles. The first kappa shape index (κ1) is 28.0.